The lowest BCUT2D eigenvalue weighted by atomic mass is 10.1. The Balaban J connectivity index is 0.000000750. The van der Waals surface area contributed by atoms with E-state index in [1.807, 2.05) is 12.1 Å². The minimum atomic E-state index is -1.69. The Morgan fingerprint density at radius 2 is 1.13 bits per heavy atom. The number of benzene rings is 2. The number of hydrogen-bond donors (Lipinski definition) is 1. The zero-order valence-electron chi connectivity index (χ0n) is 23.2. The molecule has 38 heavy (non-hydrogen) atoms. The van der Waals surface area contributed by atoms with E-state index in [9.17, 15) is 9.59 Å². The van der Waals surface area contributed by atoms with E-state index in [1.165, 1.54) is 14.2 Å². The number of ether oxygens (including phenoxy) is 4. The van der Waals surface area contributed by atoms with Crippen molar-refractivity contribution in [2.75, 3.05) is 40.6 Å². The highest BCUT2D eigenvalue weighted by Gasteiger charge is 2.36. The molecule has 2 aromatic carbocycles. The SMILES string of the molecule is C.COC(=O)c1ccc(COCCO)cc1.COC(=O)c1ccc(COCCO[Si](C)(C)C(C)(C)C)cc1. The maximum atomic E-state index is 11.3. The first kappa shape index (κ1) is 35.4. The van der Waals surface area contributed by atoms with Gasteiger partial charge in [0.25, 0.3) is 0 Å². The van der Waals surface area contributed by atoms with Crippen molar-refractivity contribution in [2.24, 2.45) is 0 Å². The van der Waals surface area contributed by atoms with Gasteiger partial charge in [0.15, 0.2) is 8.32 Å². The molecule has 1 N–H and O–H groups in total. The number of hydrogen-bond acceptors (Lipinski definition) is 8. The number of aliphatic hydroxyl groups excluding tert-OH is 1. The van der Waals surface area contributed by atoms with E-state index in [1.54, 1.807) is 36.4 Å². The molecule has 214 valence electrons. The van der Waals surface area contributed by atoms with Crippen LogP contribution in [0.5, 0.6) is 0 Å². The Bertz CT molecular complexity index is 935. The first-order valence-corrected chi connectivity index (χ1v) is 15.1. The third-order valence-corrected chi connectivity index (χ3v) is 10.6. The molecule has 0 aliphatic carbocycles. The van der Waals surface area contributed by atoms with Crippen LogP contribution < -0.4 is 0 Å². The molecule has 0 unspecified atom stereocenters. The largest absolute Gasteiger partial charge is 0.465 e. The number of aliphatic hydroxyl groups is 1. The fourth-order valence-electron chi connectivity index (χ4n) is 2.73. The molecule has 0 aliphatic rings. The van der Waals surface area contributed by atoms with Gasteiger partial charge in [0.05, 0.1) is 65.0 Å². The molecule has 0 saturated carbocycles. The molecule has 0 spiro atoms. The van der Waals surface area contributed by atoms with Gasteiger partial charge in [0, 0.05) is 0 Å². The fourth-order valence-corrected chi connectivity index (χ4v) is 3.75. The summed E-state index contributed by atoms with van der Waals surface area (Å²) in [5.74, 6) is -0.673. The van der Waals surface area contributed by atoms with Gasteiger partial charge in [0.1, 0.15) is 0 Å². The van der Waals surface area contributed by atoms with Crippen LogP contribution in [0, 0.1) is 0 Å². The second-order valence-corrected chi connectivity index (χ2v) is 14.6. The van der Waals surface area contributed by atoms with E-state index in [2.05, 4.69) is 43.3 Å². The Labute approximate surface area is 229 Å². The molecule has 0 atom stereocenters. The molecule has 0 amide bonds. The van der Waals surface area contributed by atoms with Gasteiger partial charge < -0.3 is 28.5 Å². The quantitative estimate of drug-likeness (QED) is 0.206. The zero-order valence-corrected chi connectivity index (χ0v) is 24.2. The van der Waals surface area contributed by atoms with Crippen molar-refractivity contribution in [1.82, 2.24) is 0 Å². The maximum Gasteiger partial charge on any atom is 0.337 e. The van der Waals surface area contributed by atoms with Crippen LogP contribution in [-0.4, -0.2) is 66.0 Å². The molecule has 0 aliphatic heterocycles. The predicted octanol–water partition coefficient (Wildman–Crippen LogP) is 5.63. The van der Waals surface area contributed by atoms with Gasteiger partial charge in [-0.05, 0) is 53.5 Å². The van der Waals surface area contributed by atoms with Gasteiger partial charge in [0.2, 0.25) is 0 Å². The van der Waals surface area contributed by atoms with Crippen molar-refractivity contribution < 1.29 is 38.1 Å². The molecular formula is C29H46O8Si. The number of methoxy groups -OCH3 is 2. The Hall–Kier alpha value is -2.56. The number of carbonyl (C=O) groups is 2. The van der Waals surface area contributed by atoms with E-state index >= 15 is 0 Å². The van der Waals surface area contributed by atoms with Crippen molar-refractivity contribution in [3.63, 3.8) is 0 Å². The third kappa shape index (κ3) is 12.8. The number of esters is 2. The Morgan fingerprint density at radius 3 is 1.47 bits per heavy atom. The molecular weight excluding hydrogens is 504 g/mol. The summed E-state index contributed by atoms with van der Waals surface area (Å²) in [6, 6.07) is 14.2. The van der Waals surface area contributed by atoms with Crippen LogP contribution in [0.15, 0.2) is 48.5 Å². The minimum absolute atomic E-state index is 0. The van der Waals surface area contributed by atoms with Crippen LogP contribution in [0.4, 0.5) is 0 Å². The molecule has 0 aromatic heterocycles. The van der Waals surface area contributed by atoms with Crippen LogP contribution in [0.25, 0.3) is 0 Å². The van der Waals surface area contributed by atoms with E-state index in [0.717, 1.165) is 11.1 Å². The van der Waals surface area contributed by atoms with Crippen LogP contribution in [0.1, 0.15) is 60.0 Å². The summed E-state index contributed by atoms with van der Waals surface area (Å²) in [6.45, 7) is 13.6. The van der Waals surface area contributed by atoms with Gasteiger partial charge in [-0.3, -0.25) is 0 Å². The molecule has 0 heterocycles. The highest BCUT2D eigenvalue weighted by molar-refractivity contribution is 6.74. The lowest BCUT2D eigenvalue weighted by Gasteiger charge is -2.36. The first-order chi connectivity index (χ1) is 17.4. The van der Waals surface area contributed by atoms with Gasteiger partial charge in [-0.25, -0.2) is 9.59 Å². The molecule has 8 nitrogen and oxygen atoms in total. The summed E-state index contributed by atoms with van der Waals surface area (Å²) < 4.78 is 26.1. The van der Waals surface area contributed by atoms with Crippen molar-refractivity contribution in [3.8, 4) is 0 Å². The van der Waals surface area contributed by atoms with Crippen LogP contribution in [0.2, 0.25) is 18.1 Å². The molecule has 0 radical (unpaired) electrons. The molecule has 2 rings (SSSR count). The third-order valence-electron chi connectivity index (χ3n) is 6.02. The standard InChI is InChI=1S/C17H28O4Si.C11H14O4.CH4/c1-17(2,3)22(5,6)21-12-11-20-13-14-7-9-15(10-8-14)16(18)19-4;1-14-11(13)10-4-2-9(3-5-10)8-15-7-6-12;/h7-10H,11-13H2,1-6H3;2-5,12H,6-8H2,1H3;1H4. The smallest absolute Gasteiger partial charge is 0.337 e. The van der Waals surface area contributed by atoms with E-state index in [-0.39, 0.29) is 31.0 Å². The number of carbonyl (C=O) groups excluding carboxylic acids is 2. The lowest BCUT2D eigenvalue weighted by Crippen LogP contribution is -2.41. The normalized spacial score (nSPS) is 11.1. The zero-order chi connectivity index (χ0) is 27.9. The Kier molecular flexibility index (Phi) is 16.7. The van der Waals surface area contributed by atoms with Crippen LogP contribution in [-0.2, 0) is 36.6 Å². The second-order valence-electron chi connectivity index (χ2n) is 9.81. The van der Waals surface area contributed by atoms with Crippen molar-refractivity contribution >= 4 is 20.3 Å². The molecule has 0 fully saturated rings. The highest BCUT2D eigenvalue weighted by Crippen LogP contribution is 2.36. The van der Waals surface area contributed by atoms with E-state index in [0.29, 0.717) is 44.2 Å². The molecule has 2 aromatic rings. The topological polar surface area (TPSA) is 101 Å². The summed E-state index contributed by atoms with van der Waals surface area (Å²) in [4.78, 5) is 22.4. The molecule has 0 saturated heterocycles. The van der Waals surface area contributed by atoms with Gasteiger partial charge >= 0.3 is 11.9 Å². The maximum absolute atomic E-state index is 11.3. The van der Waals surface area contributed by atoms with Crippen LogP contribution in [0.3, 0.4) is 0 Å². The van der Waals surface area contributed by atoms with Gasteiger partial charge in [-0.1, -0.05) is 52.5 Å². The average molecular weight is 551 g/mol. The summed E-state index contributed by atoms with van der Waals surface area (Å²) >= 11 is 0. The average Bonchev–Trinajstić information content (AvgIpc) is 2.88. The summed E-state index contributed by atoms with van der Waals surface area (Å²) in [6.07, 6.45) is 0. The van der Waals surface area contributed by atoms with Crippen molar-refractivity contribution in [2.45, 2.75) is 59.5 Å². The van der Waals surface area contributed by atoms with Crippen molar-refractivity contribution in [1.29, 1.82) is 0 Å². The molecule has 9 heteroatoms. The monoisotopic (exact) mass is 550 g/mol. The van der Waals surface area contributed by atoms with Gasteiger partial charge in [-0.15, -0.1) is 0 Å². The summed E-state index contributed by atoms with van der Waals surface area (Å²) in [7, 11) is 1.03. The number of rotatable bonds is 12. The highest BCUT2D eigenvalue weighted by atomic mass is 28.4. The van der Waals surface area contributed by atoms with Crippen LogP contribution >= 0.6 is 0 Å². The van der Waals surface area contributed by atoms with Crippen molar-refractivity contribution in [3.05, 3.63) is 70.8 Å². The predicted molar refractivity (Wildman–Crippen MR) is 152 cm³/mol. The Morgan fingerprint density at radius 1 is 0.737 bits per heavy atom. The fraction of sp³-hybridized carbons (Fsp3) is 0.517. The summed E-state index contributed by atoms with van der Waals surface area (Å²) in [5, 5.41) is 8.73. The second kappa shape index (κ2) is 17.9. The first-order valence-electron chi connectivity index (χ1n) is 12.2. The summed E-state index contributed by atoms with van der Waals surface area (Å²) in [5.41, 5.74) is 3.05. The van der Waals surface area contributed by atoms with E-state index < -0.39 is 8.32 Å². The van der Waals surface area contributed by atoms with E-state index in [4.69, 9.17) is 19.0 Å². The minimum Gasteiger partial charge on any atom is -0.465 e. The van der Waals surface area contributed by atoms with Gasteiger partial charge in [-0.2, -0.15) is 0 Å². The lowest BCUT2D eigenvalue weighted by molar-refractivity contribution is 0.0591. The molecule has 0 bridgehead atoms.